The first-order valence-electron chi connectivity index (χ1n) is 6.33. The Kier molecular flexibility index (Phi) is 3.95. The Bertz CT molecular complexity index is 759. The van der Waals surface area contributed by atoms with E-state index in [0.29, 0.717) is 12.0 Å². The Labute approximate surface area is 124 Å². The summed E-state index contributed by atoms with van der Waals surface area (Å²) in [6, 6.07) is 4.02. The van der Waals surface area contributed by atoms with Crippen LogP contribution in [0.4, 0.5) is 0 Å². The molecule has 0 spiro atoms. The normalized spacial score (nSPS) is 11.2. The number of thiophene rings is 2. The summed E-state index contributed by atoms with van der Waals surface area (Å²) in [6.45, 7) is 0.673. The molecule has 0 bridgehead atoms. The molecular formula is C14H14N2O2S2. The number of fused-ring (bicyclic) bond motifs is 1. The molecule has 3 aromatic heterocycles. The third-order valence-corrected chi connectivity index (χ3v) is 4.82. The zero-order valence-electron chi connectivity index (χ0n) is 11.0. The number of methoxy groups -OCH3 is 1. The van der Waals surface area contributed by atoms with Gasteiger partial charge in [0.25, 0.3) is 5.56 Å². The van der Waals surface area contributed by atoms with Gasteiger partial charge < -0.3 is 9.72 Å². The monoisotopic (exact) mass is 306 g/mol. The van der Waals surface area contributed by atoms with Crippen molar-refractivity contribution in [2.45, 2.75) is 12.8 Å². The number of aryl methyl sites for hydroxylation is 1. The SMILES string of the molecule is COCCCc1nc2scc(-c3cccs3)c2c(=O)[nH]1. The highest BCUT2D eigenvalue weighted by atomic mass is 32.1. The van der Waals surface area contributed by atoms with Crippen molar-refractivity contribution in [1.29, 1.82) is 0 Å². The summed E-state index contributed by atoms with van der Waals surface area (Å²) in [5.74, 6) is 0.735. The maximum atomic E-state index is 12.3. The fraction of sp³-hybridized carbons (Fsp3) is 0.286. The maximum absolute atomic E-state index is 12.3. The van der Waals surface area contributed by atoms with Crippen LogP contribution < -0.4 is 5.56 Å². The van der Waals surface area contributed by atoms with E-state index in [4.69, 9.17) is 4.74 Å². The van der Waals surface area contributed by atoms with E-state index in [0.717, 1.165) is 33.9 Å². The molecule has 0 saturated heterocycles. The Morgan fingerprint density at radius 2 is 2.30 bits per heavy atom. The number of aromatic nitrogens is 2. The fourth-order valence-electron chi connectivity index (χ4n) is 2.11. The van der Waals surface area contributed by atoms with Crippen LogP contribution in [0, 0.1) is 0 Å². The van der Waals surface area contributed by atoms with Gasteiger partial charge in [0.05, 0.1) is 5.39 Å². The second-order valence-corrected chi connectivity index (χ2v) is 6.22. The molecule has 0 fully saturated rings. The lowest BCUT2D eigenvalue weighted by atomic mass is 10.2. The molecule has 0 atom stereocenters. The minimum atomic E-state index is -0.0490. The number of nitrogens with zero attached hydrogens (tertiary/aromatic N) is 1. The summed E-state index contributed by atoms with van der Waals surface area (Å²) >= 11 is 3.16. The molecule has 0 aliphatic heterocycles. The van der Waals surface area contributed by atoms with Gasteiger partial charge in [-0.05, 0) is 17.9 Å². The number of hydrogen-bond donors (Lipinski definition) is 1. The molecule has 3 aromatic rings. The van der Waals surface area contributed by atoms with E-state index in [1.165, 1.54) is 11.3 Å². The molecule has 0 amide bonds. The van der Waals surface area contributed by atoms with Gasteiger partial charge >= 0.3 is 0 Å². The van der Waals surface area contributed by atoms with Gasteiger partial charge in [0.2, 0.25) is 0 Å². The van der Waals surface area contributed by atoms with E-state index < -0.39 is 0 Å². The van der Waals surface area contributed by atoms with Crippen molar-refractivity contribution < 1.29 is 4.74 Å². The second-order valence-electron chi connectivity index (χ2n) is 4.42. The summed E-state index contributed by atoms with van der Waals surface area (Å²) in [7, 11) is 1.67. The standard InChI is InChI=1S/C14H14N2O2S2/c1-18-6-2-5-11-15-13(17)12-9(8-20-14(12)16-11)10-4-3-7-19-10/h3-4,7-8H,2,5-6H2,1H3,(H,15,16,17). The number of hydrogen-bond acceptors (Lipinski definition) is 5. The lowest BCUT2D eigenvalue weighted by molar-refractivity contribution is 0.194. The Hall–Kier alpha value is -1.50. The van der Waals surface area contributed by atoms with Gasteiger partial charge in [0, 0.05) is 36.0 Å². The van der Waals surface area contributed by atoms with Gasteiger partial charge in [-0.1, -0.05) is 6.07 Å². The topological polar surface area (TPSA) is 55.0 Å². The first-order valence-corrected chi connectivity index (χ1v) is 8.08. The molecule has 20 heavy (non-hydrogen) atoms. The first kappa shape index (κ1) is 13.5. The van der Waals surface area contributed by atoms with E-state index in [1.54, 1.807) is 18.4 Å². The van der Waals surface area contributed by atoms with Crippen LogP contribution in [0.2, 0.25) is 0 Å². The minimum absolute atomic E-state index is 0.0490. The van der Waals surface area contributed by atoms with Crippen LogP contribution in [0.15, 0.2) is 27.7 Å². The molecule has 0 radical (unpaired) electrons. The molecule has 104 valence electrons. The molecule has 6 heteroatoms. The van der Waals surface area contributed by atoms with Crippen molar-refractivity contribution in [2.24, 2.45) is 0 Å². The van der Waals surface area contributed by atoms with Crippen LogP contribution in [0.5, 0.6) is 0 Å². The zero-order chi connectivity index (χ0) is 13.9. The number of rotatable bonds is 5. The molecule has 0 aromatic carbocycles. The van der Waals surface area contributed by atoms with E-state index in [9.17, 15) is 4.79 Å². The fourth-order valence-corrected chi connectivity index (χ4v) is 3.89. The number of aromatic amines is 1. The lowest BCUT2D eigenvalue weighted by Crippen LogP contribution is -2.11. The highest BCUT2D eigenvalue weighted by molar-refractivity contribution is 7.18. The molecule has 1 N–H and O–H groups in total. The Morgan fingerprint density at radius 1 is 1.40 bits per heavy atom. The lowest BCUT2D eigenvalue weighted by Gasteiger charge is -2.01. The van der Waals surface area contributed by atoms with Gasteiger partial charge in [-0.2, -0.15) is 0 Å². The predicted octanol–water partition coefficient (Wildman–Crippen LogP) is 3.29. The molecule has 0 saturated carbocycles. The molecule has 4 nitrogen and oxygen atoms in total. The molecule has 0 aliphatic carbocycles. The summed E-state index contributed by atoms with van der Waals surface area (Å²) in [4.78, 5) is 21.6. The van der Waals surface area contributed by atoms with Crippen LogP contribution in [0.1, 0.15) is 12.2 Å². The quantitative estimate of drug-likeness (QED) is 0.736. The van der Waals surface area contributed by atoms with Crippen molar-refractivity contribution in [3.63, 3.8) is 0 Å². The molecule has 0 aliphatic rings. The van der Waals surface area contributed by atoms with Crippen LogP contribution >= 0.6 is 22.7 Å². The first-order chi connectivity index (χ1) is 9.79. The third-order valence-electron chi connectivity index (χ3n) is 3.04. The van der Waals surface area contributed by atoms with E-state index >= 15 is 0 Å². The van der Waals surface area contributed by atoms with Crippen molar-refractivity contribution in [2.75, 3.05) is 13.7 Å². The van der Waals surface area contributed by atoms with Crippen molar-refractivity contribution in [3.05, 3.63) is 39.1 Å². The van der Waals surface area contributed by atoms with Crippen LogP contribution in [0.25, 0.3) is 20.7 Å². The summed E-state index contributed by atoms with van der Waals surface area (Å²) in [6.07, 6.45) is 1.58. The van der Waals surface area contributed by atoms with Gasteiger partial charge in [-0.25, -0.2) is 4.98 Å². The highest BCUT2D eigenvalue weighted by Gasteiger charge is 2.13. The summed E-state index contributed by atoms with van der Waals surface area (Å²) < 4.78 is 5.02. The largest absolute Gasteiger partial charge is 0.385 e. The summed E-state index contributed by atoms with van der Waals surface area (Å²) in [5.41, 5.74) is 0.934. The Morgan fingerprint density at radius 3 is 3.05 bits per heavy atom. The predicted molar refractivity (Wildman–Crippen MR) is 83.8 cm³/mol. The average Bonchev–Trinajstić information content (AvgIpc) is 3.07. The zero-order valence-corrected chi connectivity index (χ0v) is 12.6. The van der Waals surface area contributed by atoms with Crippen molar-refractivity contribution in [3.8, 4) is 10.4 Å². The van der Waals surface area contributed by atoms with Crippen LogP contribution in [-0.2, 0) is 11.2 Å². The smallest absolute Gasteiger partial charge is 0.260 e. The van der Waals surface area contributed by atoms with E-state index in [1.807, 2.05) is 22.9 Å². The molecule has 3 rings (SSSR count). The Balaban J connectivity index is 2.01. The number of H-pyrrole nitrogens is 1. The summed E-state index contributed by atoms with van der Waals surface area (Å²) in [5, 5.41) is 4.73. The van der Waals surface area contributed by atoms with Crippen LogP contribution in [0.3, 0.4) is 0 Å². The van der Waals surface area contributed by atoms with Gasteiger partial charge in [0.15, 0.2) is 0 Å². The molecule has 0 unspecified atom stereocenters. The third kappa shape index (κ3) is 2.54. The molecule has 3 heterocycles. The average molecular weight is 306 g/mol. The van der Waals surface area contributed by atoms with Gasteiger partial charge in [0.1, 0.15) is 10.7 Å². The highest BCUT2D eigenvalue weighted by Crippen LogP contribution is 2.33. The van der Waals surface area contributed by atoms with E-state index in [2.05, 4.69) is 9.97 Å². The van der Waals surface area contributed by atoms with Gasteiger partial charge in [-0.3, -0.25) is 4.79 Å². The maximum Gasteiger partial charge on any atom is 0.260 e. The number of nitrogens with one attached hydrogen (secondary N) is 1. The van der Waals surface area contributed by atoms with Crippen molar-refractivity contribution >= 4 is 32.9 Å². The van der Waals surface area contributed by atoms with Crippen LogP contribution in [-0.4, -0.2) is 23.7 Å². The molecular weight excluding hydrogens is 292 g/mol. The minimum Gasteiger partial charge on any atom is -0.385 e. The van der Waals surface area contributed by atoms with Crippen molar-refractivity contribution in [1.82, 2.24) is 9.97 Å². The second kappa shape index (κ2) is 5.87. The van der Waals surface area contributed by atoms with E-state index in [-0.39, 0.29) is 5.56 Å². The van der Waals surface area contributed by atoms with Gasteiger partial charge in [-0.15, -0.1) is 22.7 Å². The number of ether oxygens (including phenoxy) is 1.